The molecule has 1 aliphatic carbocycles. The summed E-state index contributed by atoms with van der Waals surface area (Å²) in [5.74, 6) is 0.966. The molecule has 21 heavy (non-hydrogen) atoms. The Labute approximate surface area is 129 Å². The van der Waals surface area contributed by atoms with E-state index in [0.717, 1.165) is 17.9 Å². The molecule has 1 heterocycles. The Balaban J connectivity index is 1.77. The number of para-hydroxylation sites is 1. The van der Waals surface area contributed by atoms with Crippen molar-refractivity contribution in [1.29, 1.82) is 0 Å². The van der Waals surface area contributed by atoms with Crippen molar-refractivity contribution < 1.29 is 9.53 Å². The lowest BCUT2D eigenvalue weighted by Gasteiger charge is -2.34. The minimum Gasteiger partial charge on any atom is -0.410 e. The maximum Gasteiger partial charge on any atom is 0.419 e. The fourth-order valence-electron chi connectivity index (χ4n) is 3.09. The van der Waals surface area contributed by atoms with E-state index in [0.29, 0.717) is 11.7 Å². The molecule has 0 bridgehead atoms. The number of hydrogen-bond acceptors (Lipinski definition) is 2. The number of halogens is 1. The smallest absolute Gasteiger partial charge is 0.410 e. The largest absolute Gasteiger partial charge is 0.419 e. The summed E-state index contributed by atoms with van der Waals surface area (Å²) in [6.07, 6.45) is 9.68. The second-order valence-electron chi connectivity index (χ2n) is 5.47. The number of carbonyl (C=O) groups is 1. The van der Waals surface area contributed by atoms with Crippen molar-refractivity contribution in [1.82, 2.24) is 4.90 Å². The third-order valence-electron chi connectivity index (χ3n) is 4.09. The number of hydrogen-bond donors (Lipinski definition) is 0. The number of amides is 1. The van der Waals surface area contributed by atoms with Gasteiger partial charge in [-0.15, -0.1) is 0 Å². The average molecular weight is 304 g/mol. The number of allylic oxidation sites excluding steroid dienone is 2. The third-order valence-corrected chi connectivity index (χ3v) is 4.44. The van der Waals surface area contributed by atoms with Crippen molar-refractivity contribution in [3.63, 3.8) is 0 Å². The van der Waals surface area contributed by atoms with E-state index in [1.807, 2.05) is 24.3 Å². The quantitative estimate of drug-likeness (QED) is 0.793. The van der Waals surface area contributed by atoms with E-state index in [9.17, 15) is 4.79 Å². The average Bonchev–Trinajstić information content (AvgIpc) is 3.02. The van der Waals surface area contributed by atoms with E-state index in [1.165, 1.54) is 12.8 Å². The molecule has 1 aliphatic heterocycles. The summed E-state index contributed by atoms with van der Waals surface area (Å²) >= 11 is 6.36. The van der Waals surface area contributed by atoms with E-state index in [-0.39, 0.29) is 12.1 Å². The molecule has 1 fully saturated rings. The highest BCUT2D eigenvalue weighted by atomic mass is 35.5. The van der Waals surface area contributed by atoms with E-state index < -0.39 is 0 Å². The highest BCUT2D eigenvalue weighted by Crippen LogP contribution is 2.36. The first-order chi connectivity index (χ1) is 10.3. The van der Waals surface area contributed by atoms with E-state index in [1.54, 1.807) is 29.3 Å². The highest BCUT2D eigenvalue weighted by Gasteiger charge is 2.35. The van der Waals surface area contributed by atoms with Crippen LogP contribution in [-0.2, 0) is 0 Å². The number of nitrogens with zero attached hydrogens (tertiary/aromatic N) is 1. The third kappa shape index (κ3) is 3.13. The van der Waals surface area contributed by atoms with Crippen molar-refractivity contribution in [2.75, 3.05) is 0 Å². The van der Waals surface area contributed by atoms with E-state index in [4.69, 9.17) is 16.3 Å². The Morgan fingerprint density at radius 2 is 1.90 bits per heavy atom. The molecule has 1 amide bonds. The fourth-order valence-corrected chi connectivity index (χ4v) is 3.45. The Kier molecular flexibility index (Phi) is 4.30. The van der Waals surface area contributed by atoms with Gasteiger partial charge in [0.1, 0.15) is 5.75 Å². The van der Waals surface area contributed by atoms with Gasteiger partial charge in [-0.05, 0) is 43.0 Å². The van der Waals surface area contributed by atoms with Gasteiger partial charge in [0.15, 0.2) is 0 Å². The van der Waals surface area contributed by atoms with Crippen molar-refractivity contribution >= 4 is 17.7 Å². The van der Waals surface area contributed by atoms with Crippen LogP contribution in [0.25, 0.3) is 0 Å². The Morgan fingerprint density at radius 1 is 1.19 bits per heavy atom. The molecule has 2 aliphatic rings. The molecule has 1 aromatic rings. The summed E-state index contributed by atoms with van der Waals surface area (Å²) < 4.78 is 5.44. The van der Waals surface area contributed by atoms with Gasteiger partial charge in [-0.2, -0.15) is 0 Å². The Hall–Kier alpha value is -1.74. The molecular formula is C17H18ClNO2. The Bertz CT molecular complexity index is 561. The van der Waals surface area contributed by atoms with Crippen molar-refractivity contribution in [2.45, 2.75) is 31.7 Å². The summed E-state index contributed by atoms with van der Waals surface area (Å²) in [5, 5.41) is 0.717. The highest BCUT2D eigenvalue weighted by molar-refractivity contribution is 6.30. The van der Waals surface area contributed by atoms with Crippen LogP contribution in [0.4, 0.5) is 4.79 Å². The molecule has 110 valence electrons. The maximum absolute atomic E-state index is 12.4. The molecule has 4 heteroatoms. The molecule has 0 radical (unpaired) electrons. The molecule has 1 unspecified atom stereocenters. The molecule has 1 atom stereocenters. The van der Waals surface area contributed by atoms with Gasteiger partial charge in [0.25, 0.3) is 0 Å². The van der Waals surface area contributed by atoms with Gasteiger partial charge >= 0.3 is 6.09 Å². The van der Waals surface area contributed by atoms with Crippen molar-refractivity contribution in [2.24, 2.45) is 5.92 Å². The molecule has 1 aromatic carbocycles. The van der Waals surface area contributed by atoms with Crippen LogP contribution in [0.15, 0.2) is 53.7 Å². The molecule has 0 N–H and O–H groups in total. The van der Waals surface area contributed by atoms with Gasteiger partial charge in [-0.3, -0.25) is 4.90 Å². The van der Waals surface area contributed by atoms with Crippen LogP contribution in [0, 0.1) is 5.92 Å². The van der Waals surface area contributed by atoms with Crippen LogP contribution in [-0.4, -0.2) is 17.0 Å². The van der Waals surface area contributed by atoms with Crippen LogP contribution in [0.1, 0.15) is 25.7 Å². The van der Waals surface area contributed by atoms with Gasteiger partial charge in [0, 0.05) is 11.2 Å². The fraction of sp³-hybridized carbons (Fsp3) is 0.353. The molecule has 0 spiro atoms. The second kappa shape index (κ2) is 6.35. The van der Waals surface area contributed by atoms with Crippen molar-refractivity contribution in [3.05, 3.63) is 53.7 Å². The summed E-state index contributed by atoms with van der Waals surface area (Å²) in [7, 11) is 0. The molecule has 3 rings (SSSR count). The molecule has 0 saturated heterocycles. The molecular weight excluding hydrogens is 286 g/mol. The molecule has 3 nitrogen and oxygen atoms in total. The normalized spacial score (nSPS) is 22.2. The summed E-state index contributed by atoms with van der Waals surface area (Å²) in [6.45, 7) is 0. The minimum absolute atomic E-state index is 0.0876. The van der Waals surface area contributed by atoms with Crippen molar-refractivity contribution in [3.8, 4) is 5.75 Å². The zero-order chi connectivity index (χ0) is 14.7. The van der Waals surface area contributed by atoms with Gasteiger partial charge < -0.3 is 4.74 Å². The zero-order valence-corrected chi connectivity index (χ0v) is 12.5. The van der Waals surface area contributed by atoms with Gasteiger partial charge in [0.05, 0.1) is 6.04 Å². The van der Waals surface area contributed by atoms with E-state index in [2.05, 4.69) is 0 Å². The predicted molar refractivity (Wildman–Crippen MR) is 83.1 cm³/mol. The Morgan fingerprint density at radius 3 is 2.62 bits per heavy atom. The van der Waals surface area contributed by atoms with Gasteiger partial charge in [-0.25, -0.2) is 4.79 Å². The molecule has 0 aromatic heterocycles. The number of benzene rings is 1. The van der Waals surface area contributed by atoms with Crippen LogP contribution in [0.3, 0.4) is 0 Å². The van der Waals surface area contributed by atoms with Gasteiger partial charge in [-0.1, -0.05) is 42.6 Å². The van der Waals surface area contributed by atoms with Crippen LogP contribution in [0.2, 0.25) is 0 Å². The number of ether oxygens (including phenoxy) is 1. The molecule has 1 saturated carbocycles. The lowest BCUT2D eigenvalue weighted by molar-refractivity contribution is 0.148. The first-order valence-corrected chi connectivity index (χ1v) is 7.72. The van der Waals surface area contributed by atoms with E-state index >= 15 is 0 Å². The standard InChI is InChI=1S/C17H18ClNO2/c18-15-11-6-12-19(16(15)13-7-4-5-8-13)17(20)21-14-9-2-1-3-10-14/h1-3,6,9-13,16H,4-5,7-8H2. The zero-order valence-electron chi connectivity index (χ0n) is 11.7. The lowest BCUT2D eigenvalue weighted by Crippen LogP contribution is -2.43. The minimum atomic E-state index is -0.374. The summed E-state index contributed by atoms with van der Waals surface area (Å²) in [6, 6.07) is 9.03. The summed E-state index contributed by atoms with van der Waals surface area (Å²) in [5.41, 5.74) is 0. The topological polar surface area (TPSA) is 29.5 Å². The first kappa shape index (κ1) is 14.2. The number of carbonyl (C=O) groups excluding carboxylic acids is 1. The van der Waals surface area contributed by atoms with Gasteiger partial charge in [0.2, 0.25) is 0 Å². The maximum atomic E-state index is 12.4. The predicted octanol–water partition coefficient (Wildman–Crippen LogP) is 4.70. The van der Waals surface area contributed by atoms with Crippen LogP contribution < -0.4 is 4.74 Å². The first-order valence-electron chi connectivity index (χ1n) is 7.35. The SMILES string of the molecule is O=C(Oc1ccccc1)N1C=CC=C(Cl)C1C1CCCC1. The number of rotatable bonds is 2. The second-order valence-corrected chi connectivity index (χ2v) is 5.91. The lowest BCUT2D eigenvalue weighted by atomic mass is 9.95. The van der Waals surface area contributed by atoms with Crippen LogP contribution >= 0.6 is 11.6 Å². The monoisotopic (exact) mass is 303 g/mol. The van der Waals surface area contributed by atoms with Crippen LogP contribution in [0.5, 0.6) is 5.75 Å². The summed E-state index contributed by atoms with van der Waals surface area (Å²) in [4.78, 5) is 14.1.